The summed E-state index contributed by atoms with van der Waals surface area (Å²) in [6.45, 7) is 1.75. The first-order chi connectivity index (χ1) is 7.13. The van der Waals surface area contributed by atoms with Crippen LogP contribution in [0.3, 0.4) is 0 Å². The average molecular weight is 244 g/mol. The van der Waals surface area contributed by atoms with Gasteiger partial charge in [0.05, 0.1) is 5.69 Å². The molecule has 1 aromatic rings. The lowest BCUT2D eigenvalue weighted by atomic mass is 10.4. The number of rotatable bonds is 2. The van der Waals surface area contributed by atoms with E-state index in [0.29, 0.717) is 17.3 Å². The standard InChI is InChI=1S/C9H10ClN3OS/c1-2-7(14)13-9(15)12-6-4-3-5-11-8(6)10/h3-5H,2H2,1H3,(H2,12,13,14,15). The smallest absolute Gasteiger partial charge is 0.225 e. The van der Waals surface area contributed by atoms with E-state index < -0.39 is 0 Å². The van der Waals surface area contributed by atoms with Gasteiger partial charge in [0.15, 0.2) is 10.3 Å². The summed E-state index contributed by atoms with van der Waals surface area (Å²) >= 11 is 10.7. The van der Waals surface area contributed by atoms with E-state index >= 15 is 0 Å². The maximum absolute atomic E-state index is 11.0. The number of amides is 1. The minimum atomic E-state index is -0.146. The number of hydrogen-bond donors (Lipinski definition) is 2. The summed E-state index contributed by atoms with van der Waals surface area (Å²) in [5.41, 5.74) is 0.570. The van der Waals surface area contributed by atoms with Crippen molar-refractivity contribution in [3.8, 4) is 0 Å². The summed E-state index contributed by atoms with van der Waals surface area (Å²) in [5.74, 6) is -0.146. The molecule has 0 saturated carbocycles. The van der Waals surface area contributed by atoms with Crippen molar-refractivity contribution in [2.45, 2.75) is 13.3 Å². The Balaban J connectivity index is 2.59. The number of nitrogens with one attached hydrogen (secondary N) is 2. The Morgan fingerprint density at radius 1 is 1.67 bits per heavy atom. The molecule has 80 valence electrons. The van der Waals surface area contributed by atoms with Crippen molar-refractivity contribution in [2.24, 2.45) is 0 Å². The Bertz CT molecular complexity index is 383. The SMILES string of the molecule is CCC(=O)NC(=S)Nc1cccnc1Cl. The van der Waals surface area contributed by atoms with Crippen molar-refractivity contribution >= 4 is 40.5 Å². The van der Waals surface area contributed by atoms with Gasteiger partial charge in [0, 0.05) is 12.6 Å². The Kier molecular flexibility index (Phi) is 4.45. The molecular formula is C9H10ClN3OS. The lowest BCUT2D eigenvalue weighted by Gasteiger charge is -2.09. The van der Waals surface area contributed by atoms with Crippen molar-refractivity contribution in [2.75, 3.05) is 5.32 Å². The van der Waals surface area contributed by atoms with Gasteiger partial charge in [-0.25, -0.2) is 4.98 Å². The Morgan fingerprint density at radius 2 is 2.40 bits per heavy atom. The number of aromatic nitrogens is 1. The molecule has 0 atom stereocenters. The van der Waals surface area contributed by atoms with Crippen molar-refractivity contribution in [3.05, 3.63) is 23.5 Å². The van der Waals surface area contributed by atoms with Crippen molar-refractivity contribution in [3.63, 3.8) is 0 Å². The molecule has 1 heterocycles. The van der Waals surface area contributed by atoms with Crippen LogP contribution in [0.25, 0.3) is 0 Å². The first-order valence-corrected chi connectivity index (χ1v) is 5.13. The zero-order valence-electron chi connectivity index (χ0n) is 8.08. The number of pyridine rings is 1. The van der Waals surface area contributed by atoms with Crippen LogP contribution >= 0.6 is 23.8 Å². The summed E-state index contributed by atoms with van der Waals surface area (Å²) in [7, 11) is 0. The van der Waals surface area contributed by atoms with Gasteiger partial charge in [0.2, 0.25) is 5.91 Å². The van der Waals surface area contributed by atoms with Crippen molar-refractivity contribution < 1.29 is 4.79 Å². The fourth-order valence-electron chi connectivity index (χ4n) is 0.848. The highest BCUT2D eigenvalue weighted by Crippen LogP contribution is 2.16. The molecule has 0 aliphatic heterocycles. The fourth-order valence-corrected chi connectivity index (χ4v) is 1.24. The molecule has 0 saturated heterocycles. The first-order valence-electron chi connectivity index (χ1n) is 4.35. The molecule has 1 rings (SSSR count). The number of carbonyl (C=O) groups is 1. The van der Waals surface area contributed by atoms with Crippen LogP contribution in [0.1, 0.15) is 13.3 Å². The number of halogens is 1. The van der Waals surface area contributed by atoms with Crippen LogP contribution in [0.2, 0.25) is 5.15 Å². The molecule has 0 fully saturated rings. The number of nitrogens with zero attached hydrogens (tertiary/aromatic N) is 1. The van der Waals surface area contributed by atoms with E-state index in [1.54, 1.807) is 25.3 Å². The number of anilines is 1. The maximum Gasteiger partial charge on any atom is 0.225 e. The molecule has 2 N–H and O–H groups in total. The maximum atomic E-state index is 11.0. The Morgan fingerprint density at radius 3 is 3.00 bits per heavy atom. The predicted octanol–water partition coefficient (Wildman–Crippen LogP) is 1.96. The summed E-state index contributed by atoms with van der Waals surface area (Å²) in [6.07, 6.45) is 1.95. The van der Waals surface area contributed by atoms with Gasteiger partial charge in [-0.3, -0.25) is 4.79 Å². The fraction of sp³-hybridized carbons (Fsp3) is 0.222. The van der Waals surface area contributed by atoms with Crippen LogP contribution in [0, 0.1) is 0 Å². The quantitative estimate of drug-likeness (QED) is 0.616. The molecule has 0 aliphatic carbocycles. The van der Waals surface area contributed by atoms with E-state index in [9.17, 15) is 4.79 Å². The molecule has 0 aliphatic rings. The number of thiocarbonyl (C=S) groups is 1. The van der Waals surface area contributed by atoms with Gasteiger partial charge in [-0.05, 0) is 24.4 Å². The summed E-state index contributed by atoms with van der Waals surface area (Å²) in [6, 6.07) is 3.44. The third kappa shape index (κ3) is 3.81. The highest BCUT2D eigenvalue weighted by atomic mass is 35.5. The highest BCUT2D eigenvalue weighted by Gasteiger charge is 2.04. The molecule has 0 aromatic carbocycles. The van der Waals surface area contributed by atoms with E-state index in [2.05, 4.69) is 15.6 Å². The third-order valence-electron chi connectivity index (χ3n) is 1.58. The van der Waals surface area contributed by atoms with E-state index in [-0.39, 0.29) is 11.0 Å². The van der Waals surface area contributed by atoms with Crippen LogP contribution in [-0.2, 0) is 4.79 Å². The summed E-state index contributed by atoms with van der Waals surface area (Å²) < 4.78 is 0. The zero-order chi connectivity index (χ0) is 11.3. The Labute approximate surface area is 98.0 Å². The van der Waals surface area contributed by atoms with E-state index in [1.807, 2.05) is 0 Å². The van der Waals surface area contributed by atoms with E-state index in [1.165, 1.54) is 0 Å². The molecule has 1 aromatic heterocycles. The molecule has 0 radical (unpaired) electrons. The topological polar surface area (TPSA) is 54.0 Å². The number of hydrogen-bond acceptors (Lipinski definition) is 3. The monoisotopic (exact) mass is 243 g/mol. The van der Waals surface area contributed by atoms with Gasteiger partial charge in [0.1, 0.15) is 0 Å². The molecule has 0 spiro atoms. The van der Waals surface area contributed by atoms with Gasteiger partial charge in [-0.1, -0.05) is 18.5 Å². The van der Waals surface area contributed by atoms with Crippen molar-refractivity contribution in [1.82, 2.24) is 10.3 Å². The molecule has 15 heavy (non-hydrogen) atoms. The van der Waals surface area contributed by atoms with Crippen LogP contribution in [-0.4, -0.2) is 16.0 Å². The minimum absolute atomic E-state index is 0.146. The lowest BCUT2D eigenvalue weighted by molar-refractivity contribution is -0.119. The zero-order valence-corrected chi connectivity index (χ0v) is 9.65. The van der Waals surface area contributed by atoms with Gasteiger partial charge in [-0.15, -0.1) is 0 Å². The van der Waals surface area contributed by atoms with Gasteiger partial charge in [0.25, 0.3) is 0 Å². The molecule has 6 heteroatoms. The molecule has 1 amide bonds. The predicted molar refractivity (Wildman–Crippen MR) is 63.9 cm³/mol. The van der Waals surface area contributed by atoms with E-state index in [0.717, 1.165) is 0 Å². The van der Waals surface area contributed by atoms with E-state index in [4.69, 9.17) is 23.8 Å². The van der Waals surface area contributed by atoms with Crippen LogP contribution in [0.5, 0.6) is 0 Å². The van der Waals surface area contributed by atoms with Gasteiger partial charge >= 0.3 is 0 Å². The Hall–Kier alpha value is -1.20. The van der Waals surface area contributed by atoms with Crippen molar-refractivity contribution in [1.29, 1.82) is 0 Å². The first kappa shape index (κ1) is 11.9. The van der Waals surface area contributed by atoms with Crippen LogP contribution in [0.4, 0.5) is 5.69 Å². The largest absolute Gasteiger partial charge is 0.330 e. The molecule has 4 nitrogen and oxygen atoms in total. The summed E-state index contributed by atoms with van der Waals surface area (Å²) in [4.78, 5) is 14.9. The minimum Gasteiger partial charge on any atom is -0.330 e. The average Bonchev–Trinajstić information content (AvgIpc) is 2.21. The molecule has 0 bridgehead atoms. The lowest BCUT2D eigenvalue weighted by Crippen LogP contribution is -2.33. The summed E-state index contributed by atoms with van der Waals surface area (Å²) in [5, 5.41) is 5.81. The normalized spacial score (nSPS) is 9.47. The van der Waals surface area contributed by atoms with Crippen LogP contribution < -0.4 is 10.6 Å². The van der Waals surface area contributed by atoms with Gasteiger partial charge in [-0.2, -0.15) is 0 Å². The second kappa shape index (κ2) is 5.63. The second-order valence-corrected chi connectivity index (χ2v) is 3.46. The highest BCUT2D eigenvalue weighted by molar-refractivity contribution is 7.80. The van der Waals surface area contributed by atoms with Gasteiger partial charge < -0.3 is 10.6 Å². The number of carbonyl (C=O) groups excluding carboxylic acids is 1. The molecule has 0 unspecified atom stereocenters. The third-order valence-corrected chi connectivity index (χ3v) is 2.09. The molecular weight excluding hydrogens is 234 g/mol. The van der Waals surface area contributed by atoms with Crippen LogP contribution in [0.15, 0.2) is 18.3 Å². The second-order valence-electron chi connectivity index (χ2n) is 2.70.